The number of hydrogen-bond donors (Lipinski definition) is 0. The molecule has 0 amide bonds. The fourth-order valence-corrected chi connectivity index (χ4v) is 2.12. The molecule has 0 unspecified atom stereocenters. The monoisotopic (exact) mass is 207 g/mol. The van der Waals surface area contributed by atoms with Crippen molar-refractivity contribution in [3.8, 4) is 10.4 Å². The van der Waals surface area contributed by atoms with Gasteiger partial charge in [0.05, 0.1) is 11.3 Å². The van der Waals surface area contributed by atoms with Crippen molar-refractivity contribution < 1.29 is 4.52 Å². The fraction of sp³-hybridized carbons (Fsp3) is 0.364. The van der Waals surface area contributed by atoms with Gasteiger partial charge in [0.2, 0.25) is 0 Å². The molecule has 0 fully saturated rings. The second-order valence-electron chi connectivity index (χ2n) is 4.30. The number of hydrogen-bond acceptors (Lipinski definition) is 3. The van der Waals surface area contributed by atoms with Gasteiger partial charge in [-0.3, -0.25) is 0 Å². The van der Waals surface area contributed by atoms with E-state index in [1.807, 2.05) is 6.07 Å². The number of nitrogens with zero attached hydrogens (tertiary/aromatic N) is 1. The quantitative estimate of drug-likeness (QED) is 0.712. The average molecular weight is 207 g/mol. The Kier molecular flexibility index (Phi) is 2.19. The topological polar surface area (TPSA) is 26.0 Å². The summed E-state index contributed by atoms with van der Waals surface area (Å²) in [5.41, 5.74) is 2.18. The minimum absolute atomic E-state index is 0.0341. The Hall–Kier alpha value is -1.09. The van der Waals surface area contributed by atoms with Crippen molar-refractivity contribution in [1.29, 1.82) is 0 Å². The van der Waals surface area contributed by atoms with Gasteiger partial charge in [-0.15, -0.1) is 11.3 Å². The molecule has 0 aliphatic carbocycles. The lowest BCUT2D eigenvalue weighted by atomic mass is 9.89. The van der Waals surface area contributed by atoms with Gasteiger partial charge in [-0.25, -0.2) is 0 Å². The molecule has 2 aromatic rings. The van der Waals surface area contributed by atoms with Crippen LogP contribution in [-0.4, -0.2) is 5.16 Å². The van der Waals surface area contributed by atoms with E-state index in [0.29, 0.717) is 0 Å². The lowest BCUT2D eigenvalue weighted by Crippen LogP contribution is -2.12. The van der Waals surface area contributed by atoms with Crippen molar-refractivity contribution in [2.75, 3.05) is 0 Å². The van der Waals surface area contributed by atoms with Gasteiger partial charge in [0.25, 0.3) is 0 Å². The van der Waals surface area contributed by atoms with Crippen molar-refractivity contribution in [2.45, 2.75) is 26.2 Å². The Morgan fingerprint density at radius 2 is 2.14 bits per heavy atom. The van der Waals surface area contributed by atoms with Gasteiger partial charge in [0, 0.05) is 10.3 Å². The van der Waals surface area contributed by atoms with Gasteiger partial charge < -0.3 is 4.52 Å². The van der Waals surface area contributed by atoms with Crippen LogP contribution < -0.4 is 0 Å². The summed E-state index contributed by atoms with van der Waals surface area (Å²) < 4.78 is 5.05. The average Bonchev–Trinajstić information content (AvgIpc) is 2.73. The zero-order chi connectivity index (χ0) is 10.2. The van der Waals surface area contributed by atoms with Crippen molar-refractivity contribution in [1.82, 2.24) is 5.16 Å². The molecule has 2 rings (SSSR count). The zero-order valence-electron chi connectivity index (χ0n) is 8.57. The first kappa shape index (κ1) is 9.46. The summed E-state index contributed by atoms with van der Waals surface area (Å²) in [5, 5.41) is 6.14. The highest BCUT2D eigenvalue weighted by Gasteiger charge is 2.23. The first-order valence-electron chi connectivity index (χ1n) is 4.58. The second kappa shape index (κ2) is 3.24. The maximum absolute atomic E-state index is 5.05. The van der Waals surface area contributed by atoms with E-state index < -0.39 is 0 Å². The minimum atomic E-state index is 0.0341. The molecule has 14 heavy (non-hydrogen) atoms. The fourth-order valence-electron chi connectivity index (χ4n) is 1.38. The Balaban J connectivity index is 2.51. The van der Waals surface area contributed by atoms with Crippen LogP contribution in [0.3, 0.4) is 0 Å². The van der Waals surface area contributed by atoms with E-state index in [0.717, 1.165) is 11.3 Å². The SMILES string of the molecule is CC(C)(C)c1nocc1-c1cccs1. The molecule has 2 aromatic heterocycles. The van der Waals surface area contributed by atoms with Crippen molar-refractivity contribution in [3.63, 3.8) is 0 Å². The van der Waals surface area contributed by atoms with E-state index in [2.05, 4.69) is 37.4 Å². The van der Waals surface area contributed by atoms with Crippen molar-refractivity contribution in [2.24, 2.45) is 0 Å². The lowest BCUT2D eigenvalue weighted by molar-refractivity contribution is 0.393. The summed E-state index contributed by atoms with van der Waals surface area (Å²) in [4.78, 5) is 1.22. The summed E-state index contributed by atoms with van der Waals surface area (Å²) in [5.74, 6) is 0. The normalized spacial score (nSPS) is 11.9. The highest BCUT2D eigenvalue weighted by atomic mass is 32.1. The molecule has 2 nitrogen and oxygen atoms in total. The molecule has 2 heterocycles. The van der Waals surface area contributed by atoms with Gasteiger partial charge in [0.15, 0.2) is 0 Å². The summed E-state index contributed by atoms with van der Waals surface area (Å²) in [6, 6.07) is 4.13. The maximum atomic E-state index is 5.05. The van der Waals surface area contributed by atoms with Crippen LogP contribution in [0.25, 0.3) is 10.4 Å². The first-order chi connectivity index (χ1) is 6.59. The van der Waals surface area contributed by atoms with Crippen molar-refractivity contribution in [3.05, 3.63) is 29.5 Å². The Bertz CT molecular complexity index is 409. The largest absolute Gasteiger partial charge is 0.364 e. The van der Waals surface area contributed by atoms with Crippen LogP contribution in [0.15, 0.2) is 28.3 Å². The molecular weight excluding hydrogens is 194 g/mol. The Morgan fingerprint density at radius 3 is 2.71 bits per heavy atom. The van der Waals surface area contributed by atoms with Crippen LogP contribution in [-0.2, 0) is 5.41 Å². The van der Waals surface area contributed by atoms with E-state index in [1.165, 1.54) is 4.88 Å². The molecule has 0 N–H and O–H groups in total. The smallest absolute Gasteiger partial charge is 0.132 e. The molecule has 0 saturated carbocycles. The zero-order valence-corrected chi connectivity index (χ0v) is 9.39. The third kappa shape index (κ3) is 1.60. The second-order valence-corrected chi connectivity index (χ2v) is 5.25. The summed E-state index contributed by atoms with van der Waals surface area (Å²) in [6.07, 6.45) is 1.73. The van der Waals surface area contributed by atoms with Gasteiger partial charge in [-0.1, -0.05) is 32.0 Å². The molecule has 0 bridgehead atoms. The molecule has 0 aliphatic rings. The molecule has 3 heteroatoms. The highest BCUT2D eigenvalue weighted by molar-refractivity contribution is 7.13. The molecule has 0 spiro atoms. The summed E-state index contributed by atoms with van der Waals surface area (Å²) in [6.45, 7) is 6.42. The van der Waals surface area contributed by atoms with Crippen LogP contribution in [0.5, 0.6) is 0 Å². The number of aromatic nitrogens is 1. The van der Waals surface area contributed by atoms with E-state index in [1.54, 1.807) is 17.6 Å². The van der Waals surface area contributed by atoms with E-state index in [4.69, 9.17) is 4.52 Å². The van der Waals surface area contributed by atoms with Crippen LogP contribution in [0, 0.1) is 0 Å². The summed E-state index contributed by atoms with van der Waals surface area (Å²) >= 11 is 1.71. The van der Waals surface area contributed by atoms with Crippen molar-refractivity contribution >= 4 is 11.3 Å². The predicted octanol–water partition coefficient (Wildman–Crippen LogP) is 3.70. The summed E-state index contributed by atoms with van der Waals surface area (Å²) in [7, 11) is 0. The van der Waals surface area contributed by atoms with Gasteiger partial charge in [-0.2, -0.15) is 0 Å². The molecule has 0 aliphatic heterocycles. The number of thiophene rings is 1. The lowest BCUT2D eigenvalue weighted by Gasteiger charge is -2.15. The highest BCUT2D eigenvalue weighted by Crippen LogP contribution is 2.34. The van der Waals surface area contributed by atoms with Crippen LogP contribution in [0.1, 0.15) is 26.5 Å². The molecule has 0 radical (unpaired) electrons. The standard InChI is InChI=1S/C11H13NOS/c1-11(2,3)10-8(7-13-12-10)9-5-4-6-14-9/h4-7H,1-3H3. The Morgan fingerprint density at radius 1 is 1.36 bits per heavy atom. The van der Waals surface area contributed by atoms with Gasteiger partial charge >= 0.3 is 0 Å². The van der Waals surface area contributed by atoms with Gasteiger partial charge in [0.1, 0.15) is 6.26 Å². The van der Waals surface area contributed by atoms with Crippen LogP contribution in [0.2, 0.25) is 0 Å². The Labute approximate surface area is 87.6 Å². The third-order valence-corrected chi connectivity index (χ3v) is 2.97. The molecular formula is C11H13NOS. The van der Waals surface area contributed by atoms with E-state index in [-0.39, 0.29) is 5.41 Å². The first-order valence-corrected chi connectivity index (χ1v) is 5.46. The molecule has 74 valence electrons. The predicted molar refractivity (Wildman–Crippen MR) is 58.5 cm³/mol. The van der Waals surface area contributed by atoms with E-state index >= 15 is 0 Å². The third-order valence-electron chi connectivity index (χ3n) is 2.07. The van der Waals surface area contributed by atoms with Crippen LogP contribution in [0.4, 0.5) is 0 Å². The molecule has 0 atom stereocenters. The van der Waals surface area contributed by atoms with Crippen LogP contribution >= 0.6 is 11.3 Å². The van der Waals surface area contributed by atoms with E-state index in [9.17, 15) is 0 Å². The van der Waals surface area contributed by atoms with Gasteiger partial charge in [-0.05, 0) is 11.4 Å². The minimum Gasteiger partial charge on any atom is -0.364 e. The molecule has 0 aromatic carbocycles. The molecule has 0 saturated heterocycles. The number of rotatable bonds is 1. The maximum Gasteiger partial charge on any atom is 0.132 e.